The molecule has 0 amide bonds. The van der Waals surface area contributed by atoms with Crippen LogP contribution in [0.15, 0.2) is 0 Å². The van der Waals surface area contributed by atoms with Crippen molar-refractivity contribution >= 4 is 18.6 Å². The average molecular weight is 379 g/mol. The monoisotopic (exact) mass is 379 g/mol. The predicted octanol–water partition coefficient (Wildman–Crippen LogP) is -1.83. The first-order valence-electron chi connectivity index (χ1n) is 4.11. The van der Waals surface area contributed by atoms with Crippen LogP contribution in [0.4, 0.5) is 0 Å². The molecule has 1 N–H and O–H groups in total. The van der Waals surface area contributed by atoms with Gasteiger partial charge in [0.25, 0.3) is 0 Å². The standard InChI is InChI=1S/C7H13I2N2/c8-9-11-5-2-7(3-6-11)1-4-10-7/h10H,1-6H2/q-1. The van der Waals surface area contributed by atoms with Gasteiger partial charge in [0.05, 0.1) is 0 Å². The average Bonchev–Trinajstić information content (AvgIpc) is 2.02. The molecule has 0 saturated carbocycles. The van der Waals surface area contributed by atoms with Gasteiger partial charge in [-0.2, -0.15) is 0 Å². The Kier molecular flexibility index (Phi) is 2.95. The van der Waals surface area contributed by atoms with E-state index in [1.807, 2.05) is 0 Å². The van der Waals surface area contributed by atoms with Crippen molar-refractivity contribution in [3.63, 3.8) is 0 Å². The van der Waals surface area contributed by atoms with Crippen LogP contribution in [-0.4, -0.2) is 28.3 Å². The van der Waals surface area contributed by atoms with Gasteiger partial charge in [0.15, 0.2) is 0 Å². The van der Waals surface area contributed by atoms with E-state index in [1.165, 1.54) is 38.9 Å². The fourth-order valence-corrected chi connectivity index (χ4v) is 5.17. The number of hydrogen-bond donors (Lipinski definition) is 1. The van der Waals surface area contributed by atoms with Crippen molar-refractivity contribution < 1.29 is 17.5 Å². The number of nitrogens with one attached hydrogen (secondary N) is 1. The van der Waals surface area contributed by atoms with Gasteiger partial charge in [-0.1, -0.05) is 0 Å². The summed E-state index contributed by atoms with van der Waals surface area (Å²) in [6, 6.07) is 0. The quantitative estimate of drug-likeness (QED) is 0.426. The second-order valence-corrected chi connectivity index (χ2v) is 7.61. The molecule has 0 radical (unpaired) electrons. The topological polar surface area (TPSA) is 15.3 Å². The summed E-state index contributed by atoms with van der Waals surface area (Å²) in [4.78, 5) is 0. The molecule has 0 atom stereocenters. The number of hydrogen-bond acceptors (Lipinski definition) is 2. The molecule has 66 valence electrons. The Balaban J connectivity index is 1.84. The van der Waals surface area contributed by atoms with Crippen LogP contribution in [0.25, 0.3) is 0 Å². The Bertz CT molecular complexity index is 137. The van der Waals surface area contributed by atoms with Gasteiger partial charge >= 0.3 is 89.0 Å². The van der Waals surface area contributed by atoms with Crippen LogP contribution in [-0.2, 0) is 0 Å². The van der Waals surface area contributed by atoms with Gasteiger partial charge in [0.1, 0.15) is 0 Å². The molecule has 2 heterocycles. The molecular weight excluding hydrogens is 366 g/mol. The van der Waals surface area contributed by atoms with Crippen molar-refractivity contribution in [2.24, 2.45) is 0 Å². The second-order valence-electron chi connectivity index (χ2n) is 3.43. The molecule has 2 aliphatic rings. The summed E-state index contributed by atoms with van der Waals surface area (Å²) in [5.41, 5.74) is 0.603. The van der Waals surface area contributed by atoms with Crippen LogP contribution in [0.1, 0.15) is 19.3 Å². The number of halogens is 2. The van der Waals surface area contributed by atoms with E-state index in [4.69, 9.17) is 0 Å². The van der Waals surface area contributed by atoms with E-state index in [-0.39, 0.29) is 0 Å². The van der Waals surface area contributed by atoms with Gasteiger partial charge < -0.3 is 0 Å². The molecule has 4 heteroatoms. The molecular formula is C7H13I2N2-. The van der Waals surface area contributed by atoms with E-state index in [2.05, 4.69) is 27.0 Å². The molecule has 2 nitrogen and oxygen atoms in total. The van der Waals surface area contributed by atoms with Gasteiger partial charge in [0.2, 0.25) is 0 Å². The predicted molar refractivity (Wildman–Crippen MR) is 50.2 cm³/mol. The van der Waals surface area contributed by atoms with Gasteiger partial charge in [-0.15, -0.1) is 0 Å². The van der Waals surface area contributed by atoms with Gasteiger partial charge in [0, 0.05) is 0 Å². The minimum absolute atomic E-state index is 0.338. The number of rotatable bonds is 1. The first kappa shape index (κ1) is 8.96. The van der Waals surface area contributed by atoms with Crippen LogP contribution in [0.5, 0.6) is 0 Å². The van der Waals surface area contributed by atoms with E-state index < -0.39 is 0 Å². The van der Waals surface area contributed by atoms with Crippen molar-refractivity contribution in [1.82, 2.24) is 8.43 Å². The zero-order valence-electron chi connectivity index (χ0n) is 6.45. The summed E-state index contributed by atoms with van der Waals surface area (Å²) in [6.07, 6.45) is 4.23. The molecule has 0 aliphatic carbocycles. The zero-order valence-corrected chi connectivity index (χ0v) is 10.8. The molecule has 0 aromatic rings. The third-order valence-electron chi connectivity index (χ3n) is 2.86. The summed E-state index contributed by atoms with van der Waals surface area (Å²) >= 11 is 2.90. The zero-order chi connectivity index (χ0) is 7.73. The summed E-state index contributed by atoms with van der Waals surface area (Å²) in [5.74, 6) is 0. The second kappa shape index (κ2) is 3.63. The first-order chi connectivity index (χ1) is 5.35. The van der Waals surface area contributed by atoms with Gasteiger partial charge in [-0.25, -0.2) is 0 Å². The normalized spacial score (nSPS) is 30.6. The molecule has 0 bridgehead atoms. The minimum atomic E-state index is 0.338. The number of piperidine rings is 1. The summed E-state index contributed by atoms with van der Waals surface area (Å²) in [7, 11) is 0. The van der Waals surface area contributed by atoms with Crippen molar-refractivity contribution in [3.8, 4) is 0 Å². The van der Waals surface area contributed by atoms with Crippen LogP contribution in [0.2, 0.25) is 0 Å². The van der Waals surface area contributed by atoms with Crippen LogP contribution in [0.3, 0.4) is 0 Å². The van der Waals surface area contributed by atoms with Crippen molar-refractivity contribution in [2.45, 2.75) is 24.8 Å². The summed E-state index contributed by atoms with van der Waals surface area (Å²) in [5, 5.41) is 3.59. The molecule has 2 saturated heterocycles. The third-order valence-corrected chi connectivity index (χ3v) is 7.80. The Labute approximate surface area is 88.3 Å². The maximum absolute atomic E-state index is 3.59. The van der Waals surface area contributed by atoms with Crippen molar-refractivity contribution in [3.05, 3.63) is 0 Å². The van der Waals surface area contributed by atoms with E-state index in [0.29, 0.717) is 23.0 Å². The molecule has 0 aromatic carbocycles. The van der Waals surface area contributed by atoms with E-state index in [0.717, 1.165) is 0 Å². The molecule has 0 aromatic heterocycles. The van der Waals surface area contributed by atoms with Crippen molar-refractivity contribution in [2.75, 3.05) is 19.6 Å². The van der Waals surface area contributed by atoms with E-state index >= 15 is 0 Å². The molecule has 2 fully saturated rings. The van der Waals surface area contributed by atoms with Crippen LogP contribution < -0.4 is 22.8 Å². The molecule has 0 unspecified atom stereocenters. The van der Waals surface area contributed by atoms with Crippen molar-refractivity contribution in [1.29, 1.82) is 0 Å². The fraction of sp³-hybridized carbons (Fsp3) is 1.00. The fourth-order valence-electron chi connectivity index (χ4n) is 1.88. The van der Waals surface area contributed by atoms with E-state index in [9.17, 15) is 0 Å². The molecule has 11 heavy (non-hydrogen) atoms. The van der Waals surface area contributed by atoms with Gasteiger partial charge in [-0.05, 0) is 0 Å². The van der Waals surface area contributed by atoms with E-state index in [1.54, 1.807) is 0 Å². The number of nitrogens with zero attached hydrogens (tertiary/aromatic N) is 1. The Morgan fingerprint density at radius 3 is 2.27 bits per heavy atom. The van der Waals surface area contributed by atoms with Crippen LogP contribution >= 0.6 is 18.6 Å². The van der Waals surface area contributed by atoms with Crippen LogP contribution in [0, 0.1) is 0 Å². The Morgan fingerprint density at radius 1 is 1.27 bits per heavy atom. The Morgan fingerprint density at radius 2 is 1.91 bits per heavy atom. The SMILES string of the molecule is I[I-]N1CCC2(CCN2)CC1. The maximum atomic E-state index is 3.59. The molecule has 1 spiro atoms. The Hall–Kier alpha value is 1.38. The molecule has 2 aliphatic heterocycles. The molecule has 2 rings (SSSR count). The summed E-state index contributed by atoms with van der Waals surface area (Å²) in [6.45, 7) is 3.96. The summed E-state index contributed by atoms with van der Waals surface area (Å²) < 4.78 is 2.64. The van der Waals surface area contributed by atoms with Gasteiger partial charge in [-0.3, -0.25) is 0 Å². The third kappa shape index (κ3) is 1.83. The first-order valence-corrected chi connectivity index (χ1v) is 11.4.